The fourth-order valence-electron chi connectivity index (χ4n) is 2.63. The first-order valence-electron chi connectivity index (χ1n) is 8.42. The number of ether oxygens (including phenoxy) is 2. The lowest BCUT2D eigenvalue weighted by atomic mass is 10.1. The average Bonchev–Trinajstić information content (AvgIpc) is 3.12. The molecule has 0 aliphatic rings. The molecule has 1 atom stereocenters. The van der Waals surface area contributed by atoms with Crippen molar-refractivity contribution in [2.75, 3.05) is 6.61 Å². The first kappa shape index (κ1) is 18.9. The minimum Gasteiger partial charge on any atom is -0.481 e. The smallest absolute Gasteiger partial charge is 0.344 e. The number of aromatic nitrogens is 2. The Labute approximate surface area is 162 Å². The van der Waals surface area contributed by atoms with Crippen molar-refractivity contribution >= 4 is 17.6 Å². The molecule has 0 bridgehead atoms. The maximum absolute atomic E-state index is 12.1. The molecule has 1 aromatic heterocycles. The molecular weight excluding hydrogens is 368 g/mol. The Morgan fingerprint density at radius 3 is 2.48 bits per heavy atom. The number of hydrogen-bond donors (Lipinski definition) is 0. The van der Waals surface area contributed by atoms with Crippen molar-refractivity contribution in [2.24, 2.45) is 0 Å². The number of esters is 1. The van der Waals surface area contributed by atoms with Gasteiger partial charge < -0.3 is 13.9 Å². The van der Waals surface area contributed by atoms with E-state index in [0.29, 0.717) is 16.7 Å². The van der Waals surface area contributed by atoms with Gasteiger partial charge in [0.15, 0.2) is 12.7 Å². The quantitative estimate of drug-likeness (QED) is 0.572. The van der Waals surface area contributed by atoms with E-state index in [1.807, 2.05) is 44.2 Å². The summed E-state index contributed by atoms with van der Waals surface area (Å²) >= 11 is 6.00. The molecular formula is C20H19ClN2O4. The van der Waals surface area contributed by atoms with Crippen molar-refractivity contribution in [3.63, 3.8) is 0 Å². The van der Waals surface area contributed by atoms with Crippen molar-refractivity contribution in [2.45, 2.75) is 26.9 Å². The van der Waals surface area contributed by atoms with E-state index in [-0.39, 0.29) is 12.5 Å². The lowest BCUT2D eigenvalue weighted by molar-refractivity contribution is -0.152. The molecule has 6 nitrogen and oxygen atoms in total. The van der Waals surface area contributed by atoms with Gasteiger partial charge in [0.25, 0.3) is 5.89 Å². The molecule has 140 valence electrons. The van der Waals surface area contributed by atoms with Crippen LogP contribution in [0, 0.1) is 13.8 Å². The van der Waals surface area contributed by atoms with Gasteiger partial charge in [-0.2, -0.15) is 0 Å². The third-order valence-corrected chi connectivity index (χ3v) is 4.10. The predicted molar refractivity (Wildman–Crippen MR) is 101 cm³/mol. The largest absolute Gasteiger partial charge is 0.481 e. The van der Waals surface area contributed by atoms with Crippen molar-refractivity contribution in [3.05, 3.63) is 64.5 Å². The number of hydrogen-bond acceptors (Lipinski definition) is 6. The highest BCUT2D eigenvalue weighted by Crippen LogP contribution is 2.27. The highest BCUT2D eigenvalue weighted by Gasteiger charge is 2.19. The van der Waals surface area contributed by atoms with Crippen LogP contribution in [0.25, 0.3) is 11.5 Å². The van der Waals surface area contributed by atoms with Crippen LogP contribution < -0.4 is 4.74 Å². The van der Waals surface area contributed by atoms with Gasteiger partial charge in [-0.1, -0.05) is 29.8 Å². The van der Waals surface area contributed by atoms with E-state index >= 15 is 0 Å². The van der Waals surface area contributed by atoms with E-state index in [2.05, 4.69) is 10.2 Å². The number of aryl methyl sites for hydroxylation is 2. The molecule has 0 aliphatic carbocycles. The minimum absolute atomic E-state index is 0.223. The van der Waals surface area contributed by atoms with Gasteiger partial charge in [-0.3, -0.25) is 0 Å². The van der Waals surface area contributed by atoms with E-state index in [1.54, 1.807) is 19.1 Å². The first-order chi connectivity index (χ1) is 12.9. The van der Waals surface area contributed by atoms with Crippen LogP contribution >= 0.6 is 11.6 Å². The van der Waals surface area contributed by atoms with Crippen LogP contribution in [0.4, 0.5) is 0 Å². The van der Waals surface area contributed by atoms with E-state index < -0.39 is 12.1 Å². The van der Waals surface area contributed by atoms with Crippen LogP contribution in [0.1, 0.15) is 30.0 Å². The van der Waals surface area contributed by atoms with Crippen LogP contribution in [-0.2, 0) is 9.53 Å². The van der Waals surface area contributed by atoms with Crippen LogP contribution in [-0.4, -0.2) is 22.8 Å². The van der Waals surface area contributed by atoms with Gasteiger partial charge in [0.1, 0.15) is 5.75 Å². The summed E-state index contributed by atoms with van der Waals surface area (Å²) in [6, 6.07) is 12.9. The first-order valence-corrected chi connectivity index (χ1v) is 8.79. The number of halogens is 1. The van der Waals surface area contributed by atoms with Crippen molar-refractivity contribution in [1.82, 2.24) is 10.2 Å². The molecule has 3 aromatic rings. The van der Waals surface area contributed by atoms with E-state index in [1.165, 1.54) is 0 Å². The Hall–Kier alpha value is -2.86. The Kier molecular flexibility index (Phi) is 5.76. The standard InChI is InChI=1S/C20H19ClN2O4/c1-12-9-16(21)10-13(2)18(12)25-11-17(24)26-14(3)19-22-23-20(27-19)15-7-5-4-6-8-15/h4-10,14H,11H2,1-3H3/t14-/m1/s1. The molecule has 0 N–H and O–H groups in total. The normalized spacial score (nSPS) is 11.9. The van der Waals surface area contributed by atoms with Gasteiger partial charge in [0, 0.05) is 10.6 Å². The maximum Gasteiger partial charge on any atom is 0.344 e. The zero-order chi connectivity index (χ0) is 19.4. The van der Waals surface area contributed by atoms with Crippen LogP contribution in [0.2, 0.25) is 5.02 Å². The van der Waals surface area contributed by atoms with Crippen LogP contribution in [0.3, 0.4) is 0 Å². The molecule has 0 saturated heterocycles. The van der Waals surface area contributed by atoms with E-state index in [0.717, 1.165) is 16.7 Å². The van der Waals surface area contributed by atoms with Gasteiger partial charge in [0.2, 0.25) is 5.89 Å². The molecule has 0 unspecified atom stereocenters. The van der Waals surface area contributed by atoms with E-state index in [9.17, 15) is 4.79 Å². The van der Waals surface area contributed by atoms with Gasteiger partial charge in [-0.05, 0) is 56.2 Å². The minimum atomic E-state index is -0.682. The number of rotatable bonds is 6. The molecule has 2 aromatic carbocycles. The maximum atomic E-state index is 12.1. The Morgan fingerprint density at radius 1 is 1.15 bits per heavy atom. The fraction of sp³-hybridized carbons (Fsp3) is 0.250. The molecule has 0 fully saturated rings. The number of carbonyl (C=O) groups is 1. The Balaban J connectivity index is 1.59. The van der Waals surface area contributed by atoms with Crippen molar-refractivity contribution in [3.8, 4) is 17.2 Å². The SMILES string of the molecule is Cc1cc(Cl)cc(C)c1OCC(=O)O[C@H](C)c1nnc(-c2ccccc2)o1. The van der Waals surface area contributed by atoms with Gasteiger partial charge in [-0.25, -0.2) is 4.79 Å². The highest BCUT2D eigenvalue weighted by atomic mass is 35.5. The molecule has 0 amide bonds. The number of nitrogens with zero attached hydrogens (tertiary/aromatic N) is 2. The number of carbonyl (C=O) groups excluding carboxylic acids is 1. The summed E-state index contributed by atoms with van der Waals surface area (Å²) in [5.74, 6) is 0.682. The molecule has 3 rings (SSSR count). The zero-order valence-electron chi connectivity index (χ0n) is 15.2. The lowest BCUT2D eigenvalue weighted by Gasteiger charge is -2.13. The summed E-state index contributed by atoms with van der Waals surface area (Å²) in [7, 11) is 0. The van der Waals surface area contributed by atoms with Gasteiger partial charge in [0.05, 0.1) is 0 Å². The molecule has 1 heterocycles. The molecule has 0 spiro atoms. The topological polar surface area (TPSA) is 74.5 Å². The van der Waals surface area contributed by atoms with Crippen LogP contribution in [0.5, 0.6) is 5.75 Å². The third-order valence-electron chi connectivity index (χ3n) is 3.88. The Bertz CT molecular complexity index is 917. The molecule has 7 heteroatoms. The van der Waals surface area contributed by atoms with Crippen molar-refractivity contribution < 1.29 is 18.7 Å². The second-order valence-electron chi connectivity index (χ2n) is 6.10. The second kappa shape index (κ2) is 8.22. The van der Waals surface area contributed by atoms with Gasteiger partial charge in [-0.15, -0.1) is 10.2 Å². The second-order valence-corrected chi connectivity index (χ2v) is 6.54. The average molecular weight is 387 g/mol. The summed E-state index contributed by atoms with van der Waals surface area (Å²) in [5, 5.41) is 8.56. The van der Waals surface area contributed by atoms with Crippen molar-refractivity contribution in [1.29, 1.82) is 0 Å². The predicted octanol–water partition coefficient (Wildman–Crippen LogP) is 4.69. The monoisotopic (exact) mass is 386 g/mol. The summed E-state index contributed by atoms with van der Waals surface area (Å²) in [5.41, 5.74) is 2.50. The number of benzene rings is 2. The zero-order valence-corrected chi connectivity index (χ0v) is 16.0. The summed E-state index contributed by atoms with van der Waals surface area (Å²) in [6.45, 7) is 5.17. The fourth-order valence-corrected chi connectivity index (χ4v) is 2.96. The molecule has 0 saturated carbocycles. The highest BCUT2D eigenvalue weighted by molar-refractivity contribution is 6.30. The van der Waals surface area contributed by atoms with Crippen LogP contribution in [0.15, 0.2) is 46.9 Å². The Morgan fingerprint density at radius 2 is 1.81 bits per heavy atom. The molecule has 27 heavy (non-hydrogen) atoms. The summed E-state index contributed by atoms with van der Waals surface area (Å²) < 4.78 is 16.5. The summed E-state index contributed by atoms with van der Waals surface area (Å²) in [6.07, 6.45) is -0.682. The van der Waals surface area contributed by atoms with E-state index in [4.69, 9.17) is 25.5 Å². The summed E-state index contributed by atoms with van der Waals surface area (Å²) in [4.78, 5) is 12.1. The third kappa shape index (κ3) is 4.65. The lowest BCUT2D eigenvalue weighted by Crippen LogP contribution is -2.17. The van der Waals surface area contributed by atoms with Gasteiger partial charge >= 0.3 is 5.97 Å². The molecule has 0 aliphatic heterocycles. The molecule has 0 radical (unpaired) electrons.